The van der Waals surface area contributed by atoms with Crippen LogP contribution in [0.3, 0.4) is 0 Å². The Hall–Kier alpha value is -2.14. The van der Waals surface area contributed by atoms with Crippen LogP contribution in [0.2, 0.25) is 0 Å². The number of nitrogens with one attached hydrogen (secondary N) is 1. The highest BCUT2D eigenvalue weighted by atomic mass is 16.2. The minimum Gasteiger partial charge on any atom is -0.351 e. The average molecular weight is 314 g/mol. The molecule has 3 N–H and O–H groups in total. The maximum atomic E-state index is 12.6. The number of imidazole rings is 1. The number of nitrogens with two attached hydrogens (primary N) is 1. The third kappa shape index (κ3) is 3.99. The standard InChI is InChI=1S/C18H26N4O/c1-3-18(4-2,13-19)17(23)21-11-15-7-5-6-8-16(15)12-22-10-9-20-14-22/h5-10,14H,3-4,11-13,19H2,1-2H3,(H,21,23). The normalized spacial score (nSPS) is 11.4. The summed E-state index contributed by atoms with van der Waals surface area (Å²) in [5.41, 5.74) is 7.68. The van der Waals surface area contributed by atoms with Gasteiger partial charge in [0.25, 0.3) is 0 Å². The molecular formula is C18H26N4O. The van der Waals surface area contributed by atoms with Gasteiger partial charge in [0.1, 0.15) is 0 Å². The van der Waals surface area contributed by atoms with E-state index in [4.69, 9.17) is 5.73 Å². The predicted molar refractivity (Wildman–Crippen MR) is 91.7 cm³/mol. The summed E-state index contributed by atoms with van der Waals surface area (Å²) in [7, 11) is 0. The van der Waals surface area contributed by atoms with Crippen LogP contribution in [-0.4, -0.2) is 22.0 Å². The van der Waals surface area contributed by atoms with Crippen molar-refractivity contribution in [3.8, 4) is 0 Å². The molecule has 5 heteroatoms. The molecular weight excluding hydrogens is 288 g/mol. The Kier molecular flexibility index (Phi) is 5.93. The number of carbonyl (C=O) groups excluding carboxylic acids is 1. The second-order valence-electron chi connectivity index (χ2n) is 5.88. The average Bonchev–Trinajstić information content (AvgIpc) is 3.09. The van der Waals surface area contributed by atoms with Crippen molar-refractivity contribution in [2.75, 3.05) is 6.54 Å². The van der Waals surface area contributed by atoms with Crippen LogP contribution >= 0.6 is 0 Å². The van der Waals surface area contributed by atoms with E-state index in [1.807, 2.05) is 36.7 Å². The lowest BCUT2D eigenvalue weighted by atomic mass is 9.81. The first-order chi connectivity index (χ1) is 11.1. The van der Waals surface area contributed by atoms with Gasteiger partial charge in [0, 0.05) is 32.0 Å². The first-order valence-electron chi connectivity index (χ1n) is 8.16. The summed E-state index contributed by atoms with van der Waals surface area (Å²) in [5, 5.41) is 3.07. The van der Waals surface area contributed by atoms with E-state index in [2.05, 4.69) is 22.4 Å². The molecule has 0 aliphatic heterocycles. The van der Waals surface area contributed by atoms with Gasteiger partial charge < -0.3 is 15.6 Å². The number of benzene rings is 1. The zero-order chi connectivity index (χ0) is 16.7. The number of rotatable bonds is 8. The molecule has 23 heavy (non-hydrogen) atoms. The molecule has 0 saturated heterocycles. The van der Waals surface area contributed by atoms with Gasteiger partial charge in [0.2, 0.25) is 5.91 Å². The highest BCUT2D eigenvalue weighted by Gasteiger charge is 2.32. The summed E-state index contributed by atoms with van der Waals surface area (Å²) in [6.45, 7) is 5.68. The Morgan fingerprint density at radius 3 is 2.52 bits per heavy atom. The van der Waals surface area contributed by atoms with Crippen LogP contribution in [0.5, 0.6) is 0 Å². The van der Waals surface area contributed by atoms with Gasteiger partial charge in [-0.05, 0) is 24.0 Å². The molecule has 1 amide bonds. The molecule has 0 saturated carbocycles. The molecule has 5 nitrogen and oxygen atoms in total. The summed E-state index contributed by atoms with van der Waals surface area (Å²) >= 11 is 0. The van der Waals surface area contributed by atoms with Crippen molar-refractivity contribution in [1.29, 1.82) is 0 Å². The maximum Gasteiger partial charge on any atom is 0.227 e. The van der Waals surface area contributed by atoms with Gasteiger partial charge in [-0.2, -0.15) is 0 Å². The highest BCUT2D eigenvalue weighted by molar-refractivity contribution is 5.82. The quantitative estimate of drug-likeness (QED) is 0.785. The van der Waals surface area contributed by atoms with E-state index in [-0.39, 0.29) is 5.91 Å². The zero-order valence-electron chi connectivity index (χ0n) is 14.0. The van der Waals surface area contributed by atoms with E-state index in [1.54, 1.807) is 12.5 Å². The molecule has 1 aromatic heterocycles. The molecule has 0 spiro atoms. The van der Waals surface area contributed by atoms with Crippen molar-refractivity contribution in [2.24, 2.45) is 11.1 Å². The summed E-state index contributed by atoms with van der Waals surface area (Å²) < 4.78 is 2.02. The summed E-state index contributed by atoms with van der Waals surface area (Å²) in [5.74, 6) is 0.0439. The Morgan fingerprint density at radius 1 is 1.26 bits per heavy atom. The highest BCUT2D eigenvalue weighted by Crippen LogP contribution is 2.25. The fraction of sp³-hybridized carbons (Fsp3) is 0.444. The molecule has 2 aromatic rings. The first kappa shape index (κ1) is 17.2. The summed E-state index contributed by atoms with van der Waals surface area (Å²) in [4.78, 5) is 16.6. The van der Waals surface area contributed by atoms with Crippen LogP contribution in [0.25, 0.3) is 0 Å². The predicted octanol–water partition coefficient (Wildman–Crippen LogP) is 2.31. The van der Waals surface area contributed by atoms with E-state index in [0.717, 1.165) is 24.9 Å². The zero-order valence-corrected chi connectivity index (χ0v) is 14.0. The molecule has 0 fully saturated rings. The van der Waals surface area contributed by atoms with Crippen molar-refractivity contribution in [1.82, 2.24) is 14.9 Å². The monoisotopic (exact) mass is 314 g/mol. The van der Waals surface area contributed by atoms with Crippen molar-refractivity contribution >= 4 is 5.91 Å². The van der Waals surface area contributed by atoms with Gasteiger partial charge in [-0.3, -0.25) is 4.79 Å². The van der Waals surface area contributed by atoms with Gasteiger partial charge in [0.15, 0.2) is 0 Å². The molecule has 0 atom stereocenters. The van der Waals surface area contributed by atoms with Crippen LogP contribution in [0.15, 0.2) is 43.0 Å². The van der Waals surface area contributed by atoms with Gasteiger partial charge in [-0.25, -0.2) is 4.98 Å². The van der Waals surface area contributed by atoms with E-state index in [0.29, 0.717) is 13.1 Å². The largest absolute Gasteiger partial charge is 0.351 e. The third-order valence-electron chi connectivity index (χ3n) is 4.70. The van der Waals surface area contributed by atoms with Crippen LogP contribution < -0.4 is 11.1 Å². The van der Waals surface area contributed by atoms with E-state index in [1.165, 1.54) is 5.56 Å². The second kappa shape index (κ2) is 7.92. The molecule has 124 valence electrons. The third-order valence-corrected chi connectivity index (χ3v) is 4.70. The second-order valence-corrected chi connectivity index (χ2v) is 5.88. The Morgan fingerprint density at radius 2 is 1.96 bits per heavy atom. The first-order valence-corrected chi connectivity index (χ1v) is 8.16. The van der Waals surface area contributed by atoms with Crippen molar-refractivity contribution in [3.63, 3.8) is 0 Å². The minimum atomic E-state index is -0.459. The molecule has 2 rings (SSSR count). The molecule has 1 heterocycles. The minimum absolute atomic E-state index is 0.0439. The lowest BCUT2D eigenvalue weighted by molar-refractivity contribution is -0.131. The Labute approximate surface area is 137 Å². The van der Waals surface area contributed by atoms with Crippen LogP contribution in [-0.2, 0) is 17.9 Å². The molecule has 0 aliphatic rings. The SMILES string of the molecule is CCC(CC)(CN)C(=O)NCc1ccccc1Cn1ccnc1. The fourth-order valence-electron chi connectivity index (χ4n) is 2.78. The lowest BCUT2D eigenvalue weighted by Crippen LogP contribution is -2.45. The van der Waals surface area contributed by atoms with Gasteiger partial charge >= 0.3 is 0 Å². The number of nitrogens with zero attached hydrogens (tertiary/aromatic N) is 2. The molecule has 0 unspecified atom stereocenters. The number of carbonyl (C=O) groups is 1. The van der Waals surface area contributed by atoms with E-state index in [9.17, 15) is 4.79 Å². The van der Waals surface area contributed by atoms with Crippen molar-refractivity contribution in [3.05, 3.63) is 54.1 Å². The van der Waals surface area contributed by atoms with Crippen LogP contribution in [0, 0.1) is 5.41 Å². The van der Waals surface area contributed by atoms with Crippen LogP contribution in [0.1, 0.15) is 37.8 Å². The maximum absolute atomic E-state index is 12.6. The summed E-state index contributed by atoms with van der Waals surface area (Å²) in [6.07, 6.45) is 7.00. The number of hydrogen-bond donors (Lipinski definition) is 2. The summed E-state index contributed by atoms with van der Waals surface area (Å²) in [6, 6.07) is 8.14. The Balaban J connectivity index is 2.07. The van der Waals surface area contributed by atoms with E-state index >= 15 is 0 Å². The smallest absolute Gasteiger partial charge is 0.227 e. The van der Waals surface area contributed by atoms with Crippen molar-refractivity contribution in [2.45, 2.75) is 39.8 Å². The van der Waals surface area contributed by atoms with Gasteiger partial charge in [-0.15, -0.1) is 0 Å². The van der Waals surface area contributed by atoms with Gasteiger partial charge in [-0.1, -0.05) is 38.1 Å². The number of hydrogen-bond acceptors (Lipinski definition) is 3. The van der Waals surface area contributed by atoms with Crippen LogP contribution in [0.4, 0.5) is 0 Å². The lowest BCUT2D eigenvalue weighted by Gasteiger charge is -2.28. The molecule has 0 aliphatic carbocycles. The number of amides is 1. The number of aromatic nitrogens is 2. The molecule has 0 radical (unpaired) electrons. The van der Waals surface area contributed by atoms with Crippen molar-refractivity contribution < 1.29 is 4.79 Å². The molecule has 1 aromatic carbocycles. The van der Waals surface area contributed by atoms with E-state index < -0.39 is 5.41 Å². The topological polar surface area (TPSA) is 72.9 Å². The molecule has 0 bridgehead atoms. The fourth-order valence-corrected chi connectivity index (χ4v) is 2.78. The van der Waals surface area contributed by atoms with Gasteiger partial charge in [0.05, 0.1) is 11.7 Å². The Bertz CT molecular complexity index is 609.